The van der Waals surface area contributed by atoms with Crippen LogP contribution in [-0.4, -0.2) is 30.5 Å². The van der Waals surface area contributed by atoms with Gasteiger partial charge in [0.25, 0.3) is 5.69 Å². The smallest absolute Gasteiger partial charge is 0.292 e. The van der Waals surface area contributed by atoms with Gasteiger partial charge < -0.3 is 15.4 Å². The molecule has 0 saturated heterocycles. The molecule has 0 radical (unpaired) electrons. The average molecular weight is 347 g/mol. The van der Waals surface area contributed by atoms with E-state index in [1.807, 2.05) is 0 Å². The lowest BCUT2D eigenvalue weighted by Gasteiger charge is -2.09. The van der Waals surface area contributed by atoms with E-state index in [9.17, 15) is 19.3 Å². The molecule has 25 heavy (non-hydrogen) atoms. The third-order valence-corrected chi connectivity index (χ3v) is 3.29. The monoisotopic (exact) mass is 347 g/mol. The van der Waals surface area contributed by atoms with Crippen molar-refractivity contribution in [2.45, 2.75) is 6.42 Å². The van der Waals surface area contributed by atoms with Crippen LogP contribution in [-0.2, 0) is 4.79 Å². The Labute approximate surface area is 144 Å². The van der Waals surface area contributed by atoms with Gasteiger partial charge in [0, 0.05) is 19.2 Å². The summed E-state index contributed by atoms with van der Waals surface area (Å²) in [6.45, 7) is 0.694. The SMILES string of the molecule is O=C(CCOc1ccccc1F)NCCNc1ccccc1[N+](=O)[O-]. The minimum atomic E-state index is -0.475. The molecule has 0 fully saturated rings. The van der Waals surface area contributed by atoms with Crippen molar-refractivity contribution in [2.24, 2.45) is 0 Å². The number of rotatable bonds is 9. The Morgan fingerprint density at radius 1 is 1.12 bits per heavy atom. The number of amides is 1. The molecular weight excluding hydrogens is 329 g/mol. The van der Waals surface area contributed by atoms with Gasteiger partial charge in [-0.25, -0.2) is 4.39 Å². The van der Waals surface area contributed by atoms with Gasteiger partial charge in [-0.1, -0.05) is 24.3 Å². The Balaban J connectivity index is 1.66. The van der Waals surface area contributed by atoms with Crippen LogP contribution in [0.25, 0.3) is 0 Å². The van der Waals surface area contributed by atoms with E-state index in [-0.39, 0.29) is 30.4 Å². The number of halogens is 1. The minimum Gasteiger partial charge on any atom is -0.490 e. The van der Waals surface area contributed by atoms with E-state index in [4.69, 9.17) is 4.74 Å². The molecule has 0 spiro atoms. The molecular formula is C17H18FN3O4. The Hall–Kier alpha value is -3.16. The van der Waals surface area contributed by atoms with Gasteiger partial charge in [-0.05, 0) is 18.2 Å². The summed E-state index contributed by atoms with van der Waals surface area (Å²) in [6.07, 6.45) is 0.0832. The molecule has 0 aromatic heterocycles. The van der Waals surface area contributed by atoms with Crippen molar-refractivity contribution in [2.75, 3.05) is 25.0 Å². The fraction of sp³-hybridized carbons (Fsp3) is 0.235. The number of hydrogen-bond donors (Lipinski definition) is 2. The molecule has 2 aromatic carbocycles. The zero-order chi connectivity index (χ0) is 18.1. The Kier molecular flexibility index (Phi) is 6.70. The number of nitro benzene ring substituents is 1. The Bertz CT molecular complexity index is 739. The fourth-order valence-electron chi connectivity index (χ4n) is 2.09. The molecule has 1 amide bonds. The number of nitrogens with zero attached hydrogens (tertiary/aromatic N) is 1. The molecule has 2 N–H and O–H groups in total. The van der Waals surface area contributed by atoms with Crippen LogP contribution in [0, 0.1) is 15.9 Å². The topological polar surface area (TPSA) is 93.5 Å². The number of carbonyl (C=O) groups excluding carboxylic acids is 1. The normalized spacial score (nSPS) is 10.1. The second kappa shape index (κ2) is 9.21. The predicted molar refractivity (Wildman–Crippen MR) is 91.1 cm³/mol. The fourth-order valence-corrected chi connectivity index (χ4v) is 2.09. The first-order chi connectivity index (χ1) is 12.1. The molecule has 0 aliphatic rings. The van der Waals surface area contributed by atoms with Crippen molar-refractivity contribution < 1.29 is 18.8 Å². The van der Waals surface area contributed by atoms with Gasteiger partial charge in [0.05, 0.1) is 18.0 Å². The quantitative estimate of drug-likeness (QED) is 0.413. The van der Waals surface area contributed by atoms with Gasteiger partial charge in [-0.15, -0.1) is 0 Å². The molecule has 0 saturated carbocycles. The van der Waals surface area contributed by atoms with Gasteiger partial charge in [0.1, 0.15) is 5.69 Å². The number of carbonyl (C=O) groups is 1. The molecule has 0 atom stereocenters. The Morgan fingerprint density at radius 2 is 1.84 bits per heavy atom. The van der Waals surface area contributed by atoms with E-state index in [0.29, 0.717) is 18.8 Å². The van der Waals surface area contributed by atoms with Gasteiger partial charge >= 0.3 is 0 Å². The van der Waals surface area contributed by atoms with Crippen LogP contribution in [0.1, 0.15) is 6.42 Å². The lowest BCUT2D eigenvalue weighted by atomic mass is 10.2. The summed E-state index contributed by atoms with van der Waals surface area (Å²) in [5, 5.41) is 16.4. The van der Waals surface area contributed by atoms with Gasteiger partial charge in [-0.3, -0.25) is 14.9 Å². The highest BCUT2D eigenvalue weighted by Gasteiger charge is 2.11. The standard InChI is InChI=1S/C17H18FN3O4/c18-13-5-1-4-8-16(13)25-12-9-17(22)20-11-10-19-14-6-2-3-7-15(14)21(23)24/h1-8,19H,9-12H2,(H,20,22). The first-order valence-corrected chi connectivity index (χ1v) is 7.69. The van der Waals surface area contributed by atoms with Crippen molar-refractivity contribution >= 4 is 17.3 Å². The van der Waals surface area contributed by atoms with Gasteiger partial charge in [-0.2, -0.15) is 0 Å². The molecule has 7 nitrogen and oxygen atoms in total. The highest BCUT2D eigenvalue weighted by molar-refractivity contribution is 5.76. The summed E-state index contributed by atoms with van der Waals surface area (Å²) in [6, 6.07) is 12.2. The van der Waals surface area contributed by atoms with E-state index in [1.54, 1.807) is 30.3 Å². The summed E-state index contributed by atoms with van der Waals surface area (Å²) in [4.78, 5) is 22.1. The highest BCUT2D eigenvalue weighted by Crippen LogP contribution is 2.22. The first-order valence-electron chi connectivity index (χ1n) is 7.69. The van der Waals surface area contributed by atoms with Crippen LogP contribution in [0.4, 0.5) is 15.8 Å². The third-order valence-electron chi connectivity index (χ3n) is 3.29. The minimum absolute atomic E-state index is 0.0212. The summed E-state index contributed by atoms with van der Waals surface area (Å²) in [7, 11) is 0. The number of anilines is 1. The molecule has 0 heterocycles. The van der Waals surface area contributed by atoms with E-state index in [1.165, 1.54) is 18.2 Å². The van der Waals surface area contributed by atoms with Crippen LogP contribution < -0.4 is 15.4 Å². The lowest BCUT2D eigenvalue weighted by molar-refractivity contribution is -0.384. The summed E-state index contributed by atoms with van der Waals surface area (Å²) in [5.74, 6) is -0.620. The number of benzene rings is 2. The molecule has 0 unspecified atom stereocenters. The van der Waals surface area contributed by atoms with Gasteiger partial charge in [0.2, 0.25) is 5.91 Å². The second-order valence-corrected chi connectivity index (χ2v) is 5.08. The predicted octanol–water partition coefficient (Wildman–Crippen LogP) is 2.73. The van der Waals surface area contributed by atoms with Crippen molar-refractivity contribution in [1.29, 1.82) is 0 Å². The largest absolute Gasteiger partial charge is 0.490 e. The van der Waals surface area contributed by atoms with Crippen LogP contribution in [0.2, 0.25) is 0 Å². The second-order valence-electron chi connectivity index (χ2n) is 5.08. The summed E-state index contributed by atoms with van der Waals surface area (Å²) < 4.78 is 18.5. The lowest BCUT2D eigenvalue weighted by Crippen LogP contribution is -2.29. The van der Waals surface area contributed by atoms with Crippen LogP contribution in [0.15, 0.2) is 48.5 Å². The first kappa shape index (κ1) is 18.2. The van der Waals surface area contributed by atoms with Crippen LogP contribution >= 0.6 is 0 Å². The van der Waals surface area contributed by atoms with E-state index < -0.39 is 10.7 Å². The number of nitrogens with one attached hydrogen (secondary N) is 2. The summed E-state index contributed by atoms with van der Waals surface area (Å²) in [5.41, 5.74) is 0.372. The zero-order valence-corrected chi connectivity index (χ0v) is 13.4. The van der Waals surface area contributed by atoms with Crippen molar-refractivity contribution in [3.8, 4) is 5.75 Å². The Morgan fingerprint density at radius 3 is 2.60 bits per heavy atom. The third kappa shape index (κ3) is 5.76. The number of hydrogen-bond acceptors (Lipinski definition) is 5. The number of ether oxygens (including phenoxy) is 1. The number of para-hydroxylation sites is 3. The zero-order valence-electron chi connectivity index (χ0n) is 13.4. The van der Waals surface area contributed by atoms with Gasteiger partial charge in [0.15, 0.2) is 11.6 Å². The van der Waals surface area contributed by atoms with Crippen molar-refractivity contribution in [3.05, 3.63) is 64.5 Å². The number of nitro groups is 1. The molecule has 0 bridgehead atoms. The van der Waals surface area contributed by atoms with E-state index >= 15 is 0 Å². The van der Waals surface area contributed by atoms with Crippen LogP contribution in [0.3, 0.4) is 0 Å². The maximum absolute atomic E-state index is 13.3. The maximum atomic E-state index is 13.3. The molecule has 2 aromatic rings. The van der Waals surface area contributed by atoms with E-state index in [0.717, 1.165) is 0 Å². The molecule has 0 aliphatic carbocycles. The van der Waals surface area contributed by atoms with Crippen LogP contribution in [0.5, 0.6) is 5.75 Å². The highest BCUT2D eigenvalue weighted by atomic mass is 19.1. The molecule has 0 aliphatic heterocycles. The maximum Gasteiger partial charge on any atom is 0.292 e. The van der Waals surface area contributed by atoms with E-state index in [2.05, 4.69) is 10.6 Å². The molecule has 8 heteroatoms. The van der Waals surface area contributed by atoms with Crippen molar-refractivity contribution in [1.82, 2.24) is 5.32 Å². The van der Waals surface area contributed by atoms with Crippen molar-refractivity contribution in [3.63, 3.8) is 0 Å². The molecule has 132 valence electrons. The summed E-state index contributed by atoms with van der Waals surface area (Å²) >= 11 is 0. The molecule has 2 rings (SSSR count). The average Bonchev–Trinajstić information content (AvgIpc) is 2.60.